The molecule has 0 amide bonds. The Bertz CT molecular complexity index is 980. The van der Waals surface area contributed by atoms with Gasteiger partial charge in [0.05, 0.1) is 5.57 Å². The zero-order chi connectivity index (χ0) is 26.4. The molecule has 0 aromatic carbocycles. The molecular weight excluding hydrogens is 432 g/mol. The molecule has 0 aliphatic heterocycles. The third-order valence-electron chi connectivity index (χ3n) is 10.5. The molecule has 4 nitrogen and oxygen atoms in total. The topological polar surface area (TPSA) is 83.9 Å². The van der Waals surface area contributed by atoms with E-state index in [0.29, 0.717) is 11.8 Å². The van der Waals surface area contributed by atoms with Gasteiger partial charge in [-0.05, 0) is 80.1 Å². The lowest BCUT2D eigenvalue weighted by Crippen LogP contribution is -2.55. The molecular formula is C31H48N2O2. The van der Waals surface area contributed by atoms with Crippen LogP contribution in [0.1, 0.15) is 113 Å². The summed E-state index contributed by atoms with van der Waals surface area (Å²) in [6, 6.07) is 2.15. The fourth-order valence-corrected chi connectivity index (χ4v) is 7.72. The predicted molar refractivity (Wildman–Crippen MR) is 142 cm³/mol. The van der Waals surface area contributed by atoms with Crippen LogP contribution in [0.15, 0.2) is 23.3 Å². The first kappa shape index (κ1) is 27.9. The molecule has 0 saturated heterocycles. The van der Waals surface area contributed by atoms with Crippen LogP contribution >= 0.6 is 0 Å². The number of allylic oxidation sites excluding steroid dienone is 4. The van der Waals surface area contributed by atoms with Crippen LogP contribution in [0, 0.1) is 44.8 Å². The normalized spacial score (nSPS) is 36.9. The Kier molecular flexibility index (Phi) is 7.39. The zero-order valence-electron chi connectivity index (χ0n) is 23.5. The summed E-state index contributed by atoms with van der Waals surface area (Å²) in [4.78, 5) is 26.0. The molecule has 1 saturated carbocycles. The van der Waals surface area contributed by atoms with Crippen molar-refractivity contribution in [1.82, 2.24) is 0 Å². The van der Waals surface area contributed by atoms with E-state index in [-0.39, 0.29) is 45.3 Å². The van der Waals surface area contributed by atoms with Gasteiger partial charge in [0.2, 0.25) is 0 Å². The molecule has 0 unspecified atom stereocenters. The Morgan fingerprint density at radius 1 is 1.11 bits per heavy atom. The molecule has 1 fully saturated rings. The van der Waals surface area contributed by atoms with Crippen molar-refractivity contribution in [2.45, 2.75) is 119 Å². The van der Waals surface area contributed by atoms with Crippen LogP contribution in [-0.2, 0) is 9.59 Å². The van der Waals surface area contributed by atoms with Gasteiger partial charge in [0.1, 0.15) is 6.07 Å². The van der Waals surface area contributed by atoms with Gasteiger partial charge < -0.3 is 5.73 Å². The Morgan fingerprint density at radius 3 is 2.37 bits per heavy atom. The number of fused-ring (bicyclic) bond motifs is 3. The lowest BCUT2D eigenvalue weighted by Gasteiger charge is -2.61. The standard InChI is InChI=1S/C31H48N2O2/c1-9-11-27(3,4)13-15-29(6,33)16-14-28(5)19-23(34)17-25-30(7)18-22(20-32)26(35)21(2)24(30)10-12-31(25,28)8/h17-18,21,24H,9-16,19,33H2,1-8H3/t21-,24-,28+,29-,30-,31+/m0/s1. The van der Waals surface area contributed by atoms with Gasteiger partial charge in [0, 0.05) is 23.3 Å². The Balaban J connectivity index is 1.90. The second-order valence-corrected chi connectivity index (χ2v) is 13.9. The van der Waals surface area contributed by atoms with E-state index < -0.39 is 5.41 Å². The van der Waals surface area contributed by atoms with Crippen LogP contribution in [0.3, 0.4) is 0 Å². The quantitative estimate of drug-likeness (QED) is 0.402. The minimum atomic E-state index is -0.446. The summed E-state index contributed by atoms with van der Waals surface area (Å²) in [5, 5.41) is 9.67. The number of hydrogen-bond acceptors (Lipinski definition) is 4. The Morgan fingerprint density at radius 2 is 1.77 bits per heavy atom. The molecule has 0 heterocycles. The molecule has 2 N–H and O–H groups in total. The minimum absolute atomic E-state index is 0.0472. The molecule has 6 atom stereocenters. The third kappa shape index (κ3) is 4.95. The summed E-state index contributed by atoms with van der Waals surface area (Å²) in [7, 11) is 0. The molecule has 194 valence electrons. The second kappa shape index (κ2) is 9.29. The minimum Gasteiger partial charge on any atom is -0.325 e. The van der Waals surface area contributed by atoms with Gasteiger partial charge in [0.15, 0.2) is 11.6 Å². The van der Waals surface area contributed by atoms with Gasteiger partial charge >= 0.3 is 0 Å². The maximum atomic E-state index is 13.2. The summed E-state index contributed by atoms with van der Waals surface area (Å²) in [5.41, 5.74) is 7.47. The van der Waals surface area contributed by atoms with Crippen molar-refractivity contribution in [3.8, 4) is 6.07 Å². The number of ketones is 2. The molecule has 3 rings (SSSR count). The van der Waals surface area contributed by atoms with Gasteiger partial charge in [-0.3, -0.25) is 9.59 Å². The monoisotopic (exact) mass is 480 g/mol. The van der Waals surface area contributed by atoms with Gasteiger partial charge in [-0.15, -0.1) is 0 Å². The average Bonchev–Trinajstić information content (AvgIpc) is 2.76. The summed E-state index contributed by atoms with van der Waals surface area (Å²) in [6.07, 6.45) is 12.5. The van der Waals surface area contributed by atoms with Crippen LogP contribution in [0.5, 0.6) is 0 Å². The maximum absolute atomic E-state index is 13.2. The molecule has 0 radical (unpaired) electrons. The van der Waals surface area contributed by atoms with Crippen molar-refractivity contribution < 1.29 is 9.59 Å². The number of nitrogens with two attached hydrogens (primary N) is 1. The highest BCUT2D eigenvalue weighted by atomic mass is 16.1. The van der Waals surface area contributed by atoms with Crippen LogP contribution in [0.25, 0.3) is 0 Å². The van der Waals surface area contributed by atoms with E-state index in [1.165, 1.54) is 12.8 Å². The van der Waals surface area contributed by atoms with Crippen molar-refractivity contribution in [2.75, 3.05) is 0 Å². The van der Waals surface area contributed by atoms with E-state index in [0.717, 1.165) is 44.1 Å². The predicted octanol–water partition coefficient (Wildman–Crippen LogP) is 7.09. The number of nitriles is 1. The lowest BCUT2D eigenvalue weighted by atomic mass is 9.42. The number of carbonyl (C=O) groups excluding carboxylic acids is 2. The van der Waals surface area contributed by atoms with Crippen LogP contribution in [0.2, 0.25) is 0 Å². The van der Waals surface area contributed by atoms with Gasteiger partial charge in [0.25, 0.3) is 0 Å². The van der Waals surface area contributed by atoms with E-state index in [9.17, 15) is 14.9 Å². The first-order valence-electron chi connectivity index (χ1n) is 13.8. The highest BCUT2D eigenvalue weighted by Gasteiger charge is 2.60. The van der Waals surface area contributed by atoms with Gasteiger partial charge in [-0.25, -0.2) is 0 Å². The van der Waals surface area contributed by atoms with E-state index in [4.69, 9.17) is 5.73 Å². The van der Waals surface area contributed by atoms with Gasteiger partial charge in [-0.2, -0.15) is 5.26 Å². The Hall–Kier alpha value is -1.73. The second-order valence-electron chi connectivity index (χ2n) is 13.9. The zero-order valence-corrected chi connectivity index (χ0v) is 23.5. The number of nitrogens with zero attached hydrogens (tertiary/aromatic N) is 1. The fraction of sp³-hybridized carbons (Fsp3) is 0.774. The number of hydrogen-bond donors (Lipinski definition) is 1. The van der Waals surface area contributed by atoms with Crippen LogP contribution in [-0.4, -0.2) is 17.1 Å². The maximum Gasteiger partial charge on any atom is 0.176 e. The SMILES string of the molecule is CCCC(C)(C)CC[C@](C)(N)CC[C@]1(C)CC(=O)C=C2[C@@]3(C)C=C(C#N)C(=O)[C@@H](C)[C@@H]3CC[C@]21C. The molecule has 0 aromatic heterocycles. The molecule has 0 aromatic rings. The number of rotatable bonds is 8. The molecule has 3 aliphatic carbocycles. The summed E-state index contributed by atoms with van der Waals surface area (Å²) >= 11 is 0. The van der Waals surface area contributed by atoms with E-state index in [2.05, 4.69) is 54.5 Å². The van der Waals surface area contributed by atoms with Gasteiger partial charge in [-0.1, -0.05) is 66.5 Å². The summed E-state index contributed by atoms with van der Waals surface area (Å²) < 4.78 is 0. The number of Topliss-reactive ketones (excluding diaryl/α,β-unsaturated/α-hetero) is 1. The first-order valence-corrected chi connectivity index (χ1v) is 13.8. The number of carbonyl (C=O) groups is 2. The summed E-state index contributed by atoms with van der Waals surface area (Å²) in [5.74, 6) is 0.0458. The highest BCUT2D eigenvalue weighted by Crippen LogP contribution is 2.67. The van der Waals surface area contributed by atoms with E-state index >= 15 is 0 Å². The first-order chi connectivity index (χ1) is 16.0. The lowest BCUT2D eigenvalue weighted by molar-refractivity contribution is -0.126. The van der Waals surface area contributed by atoms with Crippen molar-refractivity contribution in [2.24, 2.45) is 39.2 Å². The third-order valence-corrected chi connectivity index (χ3v) is 10.5. The van der Waals surface area contributed by atoms with E-state index in [1.807, 2.05) is 19.1 Å². The molecule has 3 aliphatic rings. The van der Waals surface area contributed by atoms with Crippen molar-refractivity contribution in [1.29, 1.82) is 5.26 Å². The van der Waals surface area contributed by atoms with E-state index in [1.54, 1.807) is 0 Å². The largest absolute Gasteiger partial charge is 0.325 e. The fourth-order valence-electron chi connectivity index (χ4n) is 7.72. The smallest absolute Gasteiger partial charge is 0.176 e. The van der Waals surface area contributed by atoms with Crippen LogP contribution < -0.4 is 5.73 Å². The van der Waals surface area contributed by atoms with Crippen molar-refractivity contribution in [3.63, 3.8) is 0 Å². The molecule has 4 heteroatoms. The average molecular weight is 481 g/mol. The molecule has 0 spiro atoms. The summed E-state index contributed by atoms with van der Waals surface area (Å²) in [6.45, 7) is 17.8. The van der Waals surface area contributed by atoms with Crippen molar-refractivity contribution in [3.05, 3.63) is 23.3 Å². The van der Waals surface area contributed by atoms with Crippen LogP contribution in [0.4, 0.5) is 0 Å². The highest BCUT2D eigenvalue weighted by molar-refractivity contribution is 6.02. The van der Waals surface area contributed by atoms with Crippen molar-refractivity contribution >= 4 is 11.6 Å². The Labute approximate surface area is 213 Å². The molecule has 35 heavy (non-hydrogen) atoms. The molecule has 0 bridgehead atoms.